The zero-order valence-corrected chi connectivity index (χ0v) is 14.1. The maximum Gasteiger partial charge on any atom is 0.305 e. The van der Waals surface area contributed by atoms with Crippen molar-refractivity contribution in [2.24, 2.45) is 0 Å². The van der Waals surface area contributed by atoms with Crippen molar-refractivity contribution in [3.05, 3.63) is 39.8 Å². The molecular weight excluding hydrogens is 310 g/mol. The summed E-state index contributed by atoms with van der Waals surface area (Å²) in [7, 11) is 1.32. The number of hydrogen-bond acceptors (Lipinski definition) is 5. The number of amides is 1. The molecule has 0 fully saturated rings. The number of pyridine rings is 2. The van der Waals surface area contributed by atoms with E-state index in [9.17, 15) is 14.4 Å². The third-order valence-electron chi connectivity index (χ3n) is 3.72. The van der Waals surface area contributed by atoms with Crippen LogP contribution in [0.1, 0.15) is 35.8 Å². The maximum absolute atomic E-state index is 12.5. The Morgan fingerprint density at radius 1 is 1.33 bits per heavy atom. The molecule has 0 aliphatic rings. The first kappa shape index (κ1) is 17.7. The van der Waals surface area contributed by atoms with Crippen LogP contribution in [-0.2, 0) is 16.1 Å². The molecule has 0 atom stereocenters. The Hall–Kier alpha value is -2.70. The Kier molecular flexibility index (Phi) is 5.68. The van der Waals surface area contributed by atoms with Gasteiger partial charge in [-0.2, -0.15) is 0 Å². The average molecular weight is 331 g/mol. The van der Waals surface area contributed by atoms with E-state index in [1.165, 1.54) is 13.3 Å². The summed E-state index contributed by atoms with van der Waals surface area (Å²) in [6, 6.07) is 3.45. The smallest absolute Gasteiger partial charge is 0.305 e. The second-order valence-corrected chi connectivity index (χ2v) is 5.42. The zero-order valence-electron chi connectivity index (χ0n) is 14.1. The molecule has 0 aliphatic carbocycles. The number of rotatable bonds is 6. The van der Waals surface area contributed by atoms with Crippen molar-refractivity contribution in [2.45, 2.75) is 33.2 Å². The molecule has 1 amide bonds. The summed E-state index contributed by atoms with van der Waals surface area (Å²) in [6.07, 6.45) is 2.21. The van der Waals surface area contributed by atoms with Crippen LogP contribution >= 0.6 is 0 Å². The van der Waals surface area contributed by atoms with E-state index in [1.54, 1.807) is 16.7 Å². The predicted octanol–water partition coefficient (Wildman–Crippen LogP) is 1.41. The maximum atomic E-state index is 12.5. The number of nitrogens with zero attached hydrogens (tertiary/aromatic N) is 2. The summed E-state index contributed by atoms with van der Waals surface area (Å²) in [6.45, 7) is 4.66. The van der Waals surface area contributed by atoms with E-state index in [-0.39, 0.29) is 23.4 Å². The van der Waals surface area contributed by atoms with Crippen LogP contribution in [0.15, 0.2) is 23.1 Å². The molecule has 0 aromatic carbocycles. The Labute approximate surface area is 139 Å². The first-order valence-corrected chi connectivity index (χ1v) is 7.83. The topological polar surface area (TPSA) is 90.3 Å². The fourth-order valence-electron chi connectivity index (χ4n) is 2.39. The van der Waals surface area contributed by atoms with Crippen molar-refractivity contribution in [2.75, 3.05) is 13.7 Å². The number of carbonyl (C=O) groups is 2. The highest BCUT2D eigenvalue weighted by molar-refractivity contribution is 5.96. The fourth-order valence-corrected chi connectivity index (χ4v) is 2.39. The Morgan fingerprint density at radius 3 is 2.75 bits per heavy atom. The van der Waals surface area contributed by atoms with Gasteiger partial charge in [-0.05, 0) is 32.4 Å². The van der Waals surface area contributed by atoms with Crippen LogP contribution in [0, 0.1) is 6.92 Å². The molecule has 0 radical (unpaired) electrons. The summed E-state index contributed by atoms with van der Waals surface area (Å²) in [5.74, 6) is -0.778. The van der Waals surface area contributed by atoms with Gasteiger partial charge >= 0.3 is 5.97 Å². The first-order valence-electron chi connectivity index (χ1n) is 7.83. The molecule has 128 valence electrons. The van der Waals surface area contributed by atoms with Gasteiger partial charge in [0.25, 0.3) is 5.91 Å². The molecule has 24 heavy (non-hydrogen) atoms. The minimum absolute atomic E-state index is 0.0769. The van der Waals surface area contributed by atoms with Crippen LogP contribution in [0.25, 0.3) is 11.0 Å². The van der Waals surface area contributed by atoms with Crippen LogP contribution in [0.3, 0.4) is 0 Å². The van der Waals surface area contributed by atoms with Crippen LogP contribution in [0.4, 0.5) is 0 Å². The molecule has 0 bridgehead atoms. The van der Waals surface area contributed by atoms with Crippen molar-refractivity contribution in [3.63, 3.8) is 0 Å². The highest BCUT2D eigenvalue weighted by atomic mass is 16.5. The molecule has 0 aliphatic heterocycles. The lowest BCUT2D eigenvalue weighted by Crippen LogP contribution is -2.31. The van der Waals surface area contributed by atoms with E-state index in [1.807, 2.05) is 13.8 Å². The van der Waals surface area contributed by atoms with E-state index in [4.69, 9.17) is 0 Å². The van der Waals surface area contributed by atoms with E-state index >= 15 is 0 Å². The van der Waals surface area contributed by atoms with Crippen molar-refractivity contribution in [1.29, 1.82) is 0 Å². The minimum Gasteiger partial charge on any atom is -0.469 e. The van der Waals surface area contributed by atoms with Crippen molar-refractivity contribution >= 4 is 22.9 Å². The average Bonchev–Trinajstić information content (AvgIpc) is 2.58. The number of esters is 1. The number of hydrogen-bond donors (Lipinski definition) is 1. The Morgan fingerprint density at radius 2 is 2.08 bits per heavy atom. The lowest BCUT2D eigenvalue weighted by atomic mass is 10.1. The number of methoxy groups -OCH3 is 1. The van der Waals surface area contributed by atoms with Crippen molar-refractivity contribution in [3.8, 4) is 0 Å². The lowest BCUT2D eigenvalue weighted by Gasteiger charge is -2.11. The third kappa shape index (κ3) is 3.79. The normalized spacial score (nSPS) is 10.6. The van der Waals surface area contributed by atoms with Gasteiger partial charge in [-0.1, -0.05) is 0 Å². The van der Waals surface area contributed by atoms with Gasteiger partial charge in [0, 0.05) is 31.4 Å². The largest absolute Gasteiger partial charge is 0.469 e. The molecule has 1 N–H and O–H groups in total. The first-order chi connectivity index (χ1) is 11.5. The predicted molar refractivity (Wildman–Crippen MR) is 90.0 cm³/mol. The Balaban J connectivity index is 2.24. The Bertz CT molecular complexity index is 826. The van der Waals surface area contributed by atoms with E-state index in [0.717, 1.165) is 5.69 Å². The van der Waals surface area contributed by atoms with Gasteiger partial charge in [-0.25, -0.2) is 4.98 Å². The van der Waals surface area contributed by atoms with E-state index in [0.29, 0.717) is 30.5 Å². The summed E-state index contributed by atoms with van der Waals surface area (Å²) in [5, 5.41) is 3.09. The monoisotopic (exact) mass is 331 g/mol. The van der Waals surface area contributed by atoms with Crippen molar-refractivity contribution in [1.82, 2.24) is 14.9 Å². The number of fused-ring (bicyclic) bond motifs is 1. The second kappa shape index (κ2) is 7.72. The van der Waals surface area contributed by atoms with Crippen LogP contribution < -0.4 is 10.7 Å². The summed E-state index contributed by atoms with van der Waals surface area (Å²) in [5.41, 5.74) is 1.12. The fraction of sp³-hybridized carbons (Fsp3) is 0.412. The second-order valence-electron chi connectivity index (χ2n) is 5.42. The summed E-state index contributed by atoms with van der Waals surface area (Å²) >= 11 is 0. The van der Waals surface area contributed by atoms with E-state index in [2.05, 4.69) is 15.0 Å². The molecule has 7 nitrogen and oxygen atoms in total. The molecule has 0 unspecified atom stereocenters. The van der Waals surface area contributed by atoms with Gasteiger partial charge in [0.1, 0.15) is 11.2 Å². The van der Waals surface area contributed by atoms with Gasteiger partial charge in [-0.15, -0.1) is 0 Å². The molecule has 7 heteroatoms. The standard InChI is InChI=1S/C17H21N3O4/c1-4-20-10-13(17(23)18-9-5-6-14(21)24-3)15(22)12-8-7-11(2)19-16(12)20/h7-8,10H,4-6,9H2,1-3H3,(H,18,23). The lowest BCUT2D eigenvalue weighted by molar-refractivity contribution is -0.140. The minimum atomic E-state index is -0.449. The number of carbonyl (C=O) groups excluding carboxylic acids is 2. The zero-order chi connectivity index (χ0) is 17.7. The highest BCUT2D eigenvalue weighted by Crippen LogP contribution is 2.11. The van der Waals surface area contributed by atoms with Crippen LogP contribution in [0.5, 0.6) is 0 Å². The summed E-state index contributed by atoms with van der Waals surface area (Å²) < 4.78 is 6.32. The molecule has 2 rings (SSSR count). The number of aromatic nitrogens is 2. The SMILES string of the molecule is CCn1cc(C(=O)NCCCC(=O)OC)c(=O)c2ccc(C)nc21. The molecule has 2 aromatic rings. The van der Waals surface area contributed by atoms with Gasteiger partial charge in [0.15, 0.2) is 0 Å². The third-order valence-corrected chi connectivity index (χ3v) is 3.72. The molecule has 0 saturated carbocycles. The molecule has 2 aromatic heterocycles. The molecule has 2 heterocycles. The van der Waals surface area contributed by atoms with Crippen molar-refractivity contribution < 1.29 is 14.3 Å². The van der Waals surface area contributed by atoms with Gasteiger partial charge < -0.3 is 14.6 Å². The molecule has 0 spiro atoms. The summed E-state index contributed by atoms with van der Waals surface area (Å²) in [4.78, 5) is 40.3. The number of aryl methyl sites for hydroxylation is 2. The number of nitrogens with one attached hydrogen (secondary N) is 1. The number of ether oxygens (including phenoxy) is 1. The van der Waals surface area contributed by atoms with Gasteiger partial charge in [0.2, 0.25) is 5.43 Å². The highest BCUT2D eigenvalue weighted by Gasteiger charge is 2.15. The quantitative estimate of drug-likeness (QED) is 0.638. The molecule has 0 saturated heterocycles. The molecular formula is C17H21N3O4. The van der Waals surface area contributed by atoms with Gasteiger partial charge in [0.05, 0.1) is 12.5 Å². The van der Waals surface area contributed by atoms with Crippen LogP contribution in [0.2, 0.25) is 0 Å². The van der Waals surface area contributed by atoms with Crippen LogP contribution in [-0.4, -0.2) is 35.1 Å². The van der Waals surface area contributed by atoms with Gasteiger partial charge in [-0.3, -0.25) is 14.4 Å². The van der Waals surface area contributed by atoms with E-state index < -0.39 is 5.91 Å².